The number of nitrogens with zero attached hydrogens (tertiary/aromatic N) is 1. The van der Waals surface area contributed by atoms with E-state index in [1.807, 2.05) is 13.1 Å². The van der Waals surface area contributed by atoms with Gasteiger partial charge in [0, 0.05) is 17.3 Å². The summed E-state index contributed by atoms with van der Waals surface area (Å²) < 4.78 is 0. The van der Waals surface area contributed by atoms with Gasteiger partial charge in [-0.1, -0.05) is 49.2 Å². The third-order valence-corrected chi connectivity index (χ3v) is 4.83. The highest BCUT2D eigenvalue weighted by Crippen LogP contribution is 2.49. The molecule has 21 heavy (non-hydrogen) atoms. The van der Waals surface area contributed by atoms with E-state index in [9.17, 15) is 0 Å². The molecule has 1 heterocycles. The standard InChI is InChI=1S/C18H23N3/c1-14-9-10-15(13-20-14)17(21-19)18(11-5-6-12-18)16-7-3-2-4-8-16/h2-4,7-10,13,17,21H,5-6,11-12,19H2,1H3. The molecular formula is C18H23N3. The molecule has 110 valence electrons. The molecule has 0 radical (unpaired) electrons. The van der Waals surface area contributed by atoms with Crippen LogP contribution in [0.2, 0.25) is 0 Å². The molecule has 1 aliphatic rings. The lowest BCUT2D eigenvalue weighted by Crippen LogP contribution is -2.43. The third kappa shape index (κ3) is 2.59. The average Bonchev–Trinajstić information content (AvgIpc) is 3.01. The first kappa shape index (κ1) is 14.2. The summed E-state index contributed by atoms with van der Waals surface area (Å²) in [6, 6.07) is 15.1. The van der Waals surface area contributed by atoms with E-state index in [4.69, 9.17) is 5.84 Å². The minimum atomic E-state index is 0.0763. The lowest BCUT2D eigenvalue weighted by atomic mass is 9.71. The SMILES string of the molecule is Cc1ccc(C(NN)C2(c3ccccc3)CCCC2)cn1. The van der Waals surface area contributed by atoms with Crippen molar-refractivity contribution in [2.75, 3.05) is 0 Å². The summed E-state index contributed by atoms with van der Waals surface area (Å²) in [6.45, 7) is 2.01. The van der Waals surface area contributed by atoms with Crippen molar-refractivity contribution in [3.63, 3.8) is 0 Å². The van der Waals surface area contributed by atoms with Crippen LogP contribution >= 0.6 is 0 Å². The average molecular weight is 281 g/mol. The van der Waals surface area contributed by atoms with Crippen molar-refractivity contribution in [3.05, 3.63) is 65.5 Å². The Balaban J connectivity index is 2.04. The monoisotopic (exact) mass is 281 g/mol. The Bertz CT molecular complexity index is 571. The van der Waals surface area contributed by atoms with E-state index in [0.717, 1.165) is 5.69 Å². The highest BCUT2D eigenvalue weighted by molar-refractivity contribution is 5.34. The van der Waals surface area contributed by atoms with Crippen LogP contribution in [0.4, 0.5) is 0 Å². The van der Waals surface area contributed by atoms with Crippen molar-refractivity contribution < 1.29 is 0 Å². The number of nitrogens with two attached hydrogens (primary N) is 1. The first-order chi connectivity index (χ1) is 10.3. The topological polar surface area (TPSA) is 50.9 Å². The van der Waals surface area contributed by atoms with E-state index in [-0.39, 0.29) is 11.5 Å². The van der Waals surface area contributed by atoms with Gasteiger partial charge in [0.15, 0.2) is 0 Å². The van der Waals surface area contributed by atoms with E-state index >= 15 is 0 Å². The number of hydrogen-bond acceptors (Lipinski definition) is 3. The van der Waals surface area contributed by atoms with Gasteiger partial charge in [0.25, 0.3) is 0 Å². The molecule has 0 saturated heterocycles. The predicted octanol–water partition coefficient (Wildman–Crippen LogP) is 3.41. The second-order valence-electron chi connectivity index (χ2n) is 6.06. The minimum absolute atomic E-state index is 0.0763. The van der Waals surface area contributed by atoms with Gasteiger partial charge in [0.1, 0.15) is 0 Å². The quantitative estimate of drug-likeness (QED) is 0.667. The van der Waals surface area contributed by atoms with Gasteiger partial charge in [-0.3, -0.25) is 16.3 Å². The molecule has 2 aromatic rings. The first-order valence-electron chi connectivity index (χ1n) is 7.70. The van der Waals surface area contributed by atoms with Crippen LogP contribution in [0.25, 0.3) is 0 Å². The number of benzene rings is 1. The fourth-order valence-corrected chi connectivity index (χ4v) is 3.74. The fraction of sp³-hybridized carbons (Fsp3) is 0.389. The second kappa shape index (κ2) is 5.96. The lowest BCUT2D eigenvalue weighted by molar-refractivity contribution is 0.303. The molecule has 0 amide bonds. The Morgan fingerprint density at radius 3 is 2.38 bits per heavy atom. The zero-order valence-electron chi connectivity index (χ0n) is 12.5. The Morgan fingerprint density at radius 2 is 1.81 bits per heavy atom. The number of nitrogens with one attached hydrogen (secondary N) is 1. The summed E-state index contributed by atoms with van der Waals surface area (Å²) in [4.78, 5) is 4.45. The van der Waals surface area contributed by atoms with Gasteiger partial charge < -0.3 is 0 Å². The van der Waals surface area contributed by atoms with Gasteiger partial charge in [-0.15, -0.1) is 0 Å². The Morgan fingerprint density at radius 1 is 1.10 bits per heavy atom. The number of hydrogen-bond donors (Lipinski definition) is 2. The largest absolute Gasteiger partial charge is 0.271 e. The highest BCUT2D eigenvalue weighted by Gasteiger charge is 2.43. The molecule has 1 aliphatic carbocycles. The van der Waals surface area contributed by atoms with E-state index in [2.05, 4.69) is 52.9 Å². The van der Waals surface area contributed by atoms with Crippen molar-refractivity contribution in [1.29, 1.82) is 0 Å². The summed E-state index contributed by atoms with van der Waals surface area (Å²) in [7, 11) is 0. The summed E-state index contributed by atoms with van der Waals surface area (Å²) >= 11 is 0. The molecule has 3 nitrogen and oxygen atoms in total. The van der Waals surface area contributed by atoms with Gasteiger partial charge in [-0.05, 0) is 37.0 Å². The van der Waals surface area contributed by atoms with Gasteiger partial charge in [-0.2, -0.15) is 0 Å². The van der Waals surface area contributed by atoms with Crippen LogP contribution < -0.4 is 11.3 Å². The van der Waals surface area contributed by atoms with Crippen LogP contribution in [0.3, 0.4) is 0 Å². The number of aryl methyl sites for hydroxylation is 1. The Kier molecular flexibility index (Phi) is 4.04. The fourth-order valence-electron chi connectivity index (χ4n) is 3.74. The van der Waals surface area contributed by atoms with Gasteiger partial charge in [0.2, 0.25) is 0 Å². The van der Waals surface area contributed by atoms with Crippen molar-refractivity contribution >= 4 is 0 Å². The third-order valence-electron chi connectivity index (χ3n) is 4.83. The molecule has 1 fully saturated rings. The van der Waals surface area contributed by atoms with Gasteiger partial charge >= 0.3 is 0 Å². The smallest absolute Gasteiger partial charge is 0.0571 e. The summed E-state index contributed by atoms with van der Waals surface area (Å²) in [5.74, 6) is 5.97. The molecule has 3 heteroatoms. The zero-order valence-corrected chi connectivity index (χ0v) is 12.5. The molecular weight excluding hydrogens is 258 g/mol. The molecule has 0 aliphatic heterocycles. The predicted molar refractivity (Wildman–Crippen MR) is 85.6 cm³/mol. The molecule has 0 bridgehead atoms. The van der Waals surface area contributed by atoms with E-state index < -0.39 is 0 Å². The van der Waals surface area contributed by atoms with Crippen molar-refractivity contribution in [2.24, 2.45) is 5.84 Å². The lowest BCUT2D eigenvalue weighted by Gasteiger charge is -2.38. The van der Waals surface area contributed by atoms with Crippen molar-refractivity contribution in [2.45, 2.75) is 44.1 Å². The maximum atomic E-state index is 5.97. The number of aromatic nitrogens is 1. The summed E-state index contributed by atoms with van der Waals surface area (Å²) in [5, 5.41) is 0. The van der Waals surface area contributed by atoms with Crippen LogP contribution in [0.1, 0.15) is 48.5 Å². The second-order valence-corrected chi connectivity index (χ2v) is 6.06. The molecule has 1 saturated carbocycles. The van der Waals surface area contributed by atoms with Crippen LogP contribution in [0.5, 0.6) is 0 Å². The first-order valence-corrected chi connectivity index (χ1v) is 7.70. The van der Waals surface area contributed by atoms with Crippen LogP contribution in [0, 0.1) is 6.92 Å². The van der Waals surface area contributed by atoms with Gasteiger partial charge in [0.05, 0.1) is 6.04 Å². The minimum Gasteiger partial charge on any atom is -0.271 e. The van der Waals surface area contributed by atoms with Gasteiger partial charge in [-0.25, -0.2) is 0 Å². The molecule has 1 aromatic heterocycles. The molecule has 3 N–H and O–H groups in total. The van der Waals surface area contributed by atoms with E-state index in [0.29, 0.717) is 0 Å². The normalized spacial score (nSPS) is 18.6. The molecule has 1 aromatic carbocycles. The zero-order chi connectivity index (χ0) is 14.7. The maximum absolute atomic E-state index is 5.97. The maximum Gasteiger partial charge on any atom is 0.0571 e. The van der Waals surface area contributed by atoms with Crippen LogP contribution in [-0.4, -0.2) is 4.98 Å². The van der Waals surface area contributed by atoms with Crippen LogP contribution in [-0.2, 0) is 5.41 Å². The molecule has 1 atom stereocenters. The molecule has 3 rings (SSSR count). The van der Waals surface area contributed by atoms with E-state index in [1.54, 1.807) is 0 Å². The van der Waals surface area contributed by atoms with E-state index in [1.165, 1.54) is 36.8 Å². The summed E-state index contributed by atoms with van der Waals surface area (Å²) in [6.07, 6.45) is 6.81. The number of pyridine rings is 1. The number of rotatable bonds is 4. The summed E-state index contributed by atoms with van der Waals surface area (Å²) in [5.41, 5.74) is 6.75. The van der Waals surface area contributed by atoms with Crippen molar-refractivity contribution in [3.8, 4) is 0 Å². The number of hydrazine groups is 1. The highest BCUT2D eigenvalue weighted by atomic mass is 15.2. The van der Waals surface area contributed by atoms with Crippen LogP contribution in [0.15, 0.2) is 48.7 Å². The molecule has 1 unspecified atom stereocenters. The Labute approximate surface area is 126 Å². The molecule has 0 spiro atoms. The Hall–Kier alpha value is -1.71. The van der Waals surface area contributed by atoms with Crippen molar-refractivity contribution in [1.82, 2.24) is 10.4 Å².